The Kier molecular flexibility index (Phi) is 6.66. The maximum absolute atomic E-state index is 12.1. The van der Waals surface area contributed by atoms with Crippen molar-refractivity contribution in [1.82, 2.24) is 10.3 Å². The van der Waals surface area contributed by atoms with E-state index in [0.29, 0.717) is 18.0 Å². The van der Waals surface area contributed by atoms with E-state index in [9.17, 15) is 13.2 Å². The third kappa shape index (κ3) is 5.02. The Morgan fingerprint density at radius 1 is 1.19 bits per heavy atom. The lowest BCUT2D eigenvalue weighted by Crippen LogP contribution is -2.46. The number of rotatable bonds is 5. The summed E-state index contributed by atoms with van der Waals surface area (Å²) in [6.07, 6.45) is 7.17. The molecule has 1 N–H and O–H groups in total. The van der Waals surface area contributed by atoms with Crippen molar-refractivity contribution >= 4 is 44.3 Å². The third-order valence-corrected chi connectivity index (χ3v) is 7.36. The van der Waals surface area contributed by atoms with Gasteiger partial charge in [-0.15, -0.1) is 0 Å². The number of aromatic nitrogens is 1. The van der Waals surface area contributed by atoms with Gasteiger partial charge in [-0.3, -0.25) is 8.98 Å². The van der Waals surface area contributed by atoms with Crippen LogP contribution >= 0.6 is 11.6 Å². The predicted molar refractivity (Wildman–Crippen MR) is 126 cm³/mol. The minimum Gasteiger partial charge on any atom is -0.354 e. The van der Waals surface area contributed by atoms with Crippen LogP contribution in [0.1, 0.15) is 57.4 Å². The summed E-state index contributed by atoms with van der Waals surface area (Å²) in [6, 6.07) is 7.75. The van der Waals surface area contributed by atoms with Crippen LogP contribution in [-0.4, -0.2) is 44.8 Å². The highest BCUT2D eigenvalue weighted by Gasteiger charge is 2.38. The number of benzene rings is 1. The van der Waals surface area contributed by atoms with E-state index in [1.165, 1.54) is 0 Å². The summed E-state index contributed by atoms with van der Waals surface area (Å²) in [5.41, 5.74) is 1.27. The van der Waals surface area contributed by atoms with Gasteiger partial charge in [0.25, 0.3) is 10.1 Å². The normalized spacial score (nSPS) is 21.5. The van der Waals surface area contributed by atoms with Crippen LogP contribution in [0.2, 0.25) is 5.02 Å². The van der Waals surface area contributed by atoms with Crippen LogP contribution < -0.4 is 10.2 Å². The van der Waals surface area contributed by atoms with Crippen molar-refractivity contribution in [3.05, 3.63) is 34.9 Å². The first-order valence-corrected chi connectivity index (χ1v) is 13.4. The molecule has 1 atom stereocenters. The first-order valence-electron chi connectivity index (χ1n) is 11.2. The molecule has 2 fully saturated rings. The second-order valence-corrected chi connectivity index (χ2v) is 11.0. The van der Waals surface area contributed by atoms with Crippen molar-refractivity contribution in [2.45, 2.75) is 63.5 Å². The number of pyridine rings is 1. The van der Waals surface area contributed by atoms with Crippen LogP contribution in [0.25, 0.3) is 10.9 Å². The summed E-state index contributed by atoms with van der Waals surface area (Å²) in [5.74, 6) is 0.722. The van der Waals surface area contributed by atoms with Gasteiger partial charge in [0.1, 0.15) is 5.82 Å². The average Bonchev–Trinajstić information content (AvgIpc) is 2.72. The Hall–Kier alpha value is -1.90. The molecule has 2 aromatic rings. The van der Waals surface area contributed by atoms with Gasteiger partial charge in [-0.2, -0.15) is 8.42 Å². The molecule has 1 aromatic heterocycles. The highest BCUT2D eigenvalue weighted by Crippen LogP contribution is 2.43. The molecule has 1 aromatic carbocycles. The molecule has 1 amide bonds. The molecule has 2 heterocycles. The van der Waals surface area contributed by atoms with Gasteiger partial charge in [0.2, 0.25) is 5.91 Å². The van der Waals surface area contributed by atoms with Gasteiger partial charge in [0, 0.05) is 36.0 Å². The van der Waals surface area contributed by atoms with E-state index in [-0.39, 0.29) is 12.0 Å². The van der Waals surface area contributed by atoms with Gasteiger partial charge in [-0.1, -0.05) is 30.9 Å². The monoisotopic (exact) mass is 479 g/mol. The average molecular weight is 480 g/mol. The highest BCUT2D eigenvalue weighted by molar-refractivity contribution is 7.86. The second-order valence-electron chi connectivity index (χ2n) is 8.99. The quantitative estimate of drug-likeness (QED) is 0.648. The number of halogens is 1. The molecule has 9 heteroatoms. The largest absolute Gasteiger partial charge is 0.354 e. The van der Waals surface area contributed by atoms with Crippen molar-refractivity contribution in [2.75, 3.05) is 24.2 Å². The van der Waals surface area contributed by atoms with Gasteiger partial charge in [-0.05, 0) is 49.9 Å². The number of amides is 1. The summed E-state index contributed by atoms with van der Waals surface area (Å²) < 4.78 is 28.3. The summed E-state index contributed by atoms with van der Waals surface area (Å²) >= 11 is 6.72. The van der Waals surface area contributed by atoms with Crippen LogP contribution in [0.4, 0.5) is 5.82 Å². The zero-order valence-corrected chi connectivity index (χ0v) is 20.1. The molecular weight excluding hydrogens is 450 g/mol. The SMILES string of the molecule is CC(=O)NC1(c2c(Cl)ccc3nc(N4CCC[C@@H](OS(C)(=O)=O)C4)ccc23)CCCCC1. The van der Waals surface area contributed by atoms with Gasteiger partial charge in [0.05, 0.1) is 23.4 Å². The lowest BCUT2D eigenvalue weighted by Gasteiger charge is -2.39. The Labute approximate surface area is 194 Å². The van der Waals surface area contributed by atoms with E-state index in [0.717, 1.165) is 73.6 Å². The Bertz CT molecular complexity index is 1120. The molecule has 174 valence electrons. The first-order chi connectivity index (χ1) is 15.2. The van der Waals surface area contributed by atoms with E-state index in [2.05, 4.69) is 10.2 Å². The first kappa shape index (κ1) is 23.3. The van der Waals surface area contributed by atoms with Crippen LogP contribution in [-0.2, 0) is 24.6 Å². The molecule has 32 heavy (non-hydrogen) atoms. The molecule has 7 nitrogen and oxygen atoms in total. The van der Waals surface area contributed by atoms with Gasteiger partial charge in [0.15, 0.2) is 0 Å². The van der Waals surface area contributed by atoms with Crippen molar-refractivity contribution < 1.29 is 17.4 Å². The number of carbonyl (C=O) groups excluding carboxylic acids is 1. The summed E-state index contributed by atoms with van der Waals surface area (Å²) in [7, 11) is -3.50. The van der Waals surface area contributed by atoms with Crippen LogP contribution in [0.3, 0.4) is 0 Å². The lowest BCUT2D eigenvalue weighted by atomic mass is 9.75. The summed E-state index contributed by atoms with van der Waals surface area (Å²) in [5, 5.41) is 4.80. The van der Waals surface area contributed by atoms with Crippen molar-refractivity contribution in [2.24, 2.45) is 0 Å². The number of hydrogen-bond acceptors (Lipinski definition) is 6. The number of piperidine rings is 1. The van der Waals surface area contributed by atoms with E-state index in [4.69, 9.17) is 20.8 Å². The molecule has 1 aliphatic carbocycles. The Morgan fingerprint density at radius 2 is 1.94 bits per heavy atom. The second kappa shape index (κ2) is 9.15. The van der Waals surface area contributed by atoms with E-state index < -0.39 is 15.7 Å². The molecule has 2 aliphatic rings. The third-order valence-electron chi connectivity index (χ3n) is 6.42. The molecule has 1 saturated heterocycles. The molecule has 0 radical (unpaired) electrons. The zero-order chi connectivity index (χ0) is 22.9. The van der Waals surface area contributed by atoms with E-state index >= 15 is 0 Å². The Balaban J connectivity index is 1.70. The van der Waals surface area contributed by atoms with Crippen LogP contribution in [0.5, 0.6) is 0 Å². The maximum atomic E-state index is 12.1. The minimum absolute atomic E-state index is 0.0604. The van der Waals surface area contributed by atoms with Gasteiger partial charge >= 0.3 is 0 Å². The Morgan fingerprint density at radius 3 is 2.62 bits per heavy atom. The molecule has 1 saturated carbocycles. The minimum atomic E-state index is -3.50. The van der Waals surface area contributed by atoms with Crippen LogP contribution in [0, 0.1) is 0 Å². The van der Waals surface area contributed by atoms with Crippen molar-refractivity contribution in [3.63, 3.8) is 0 Å². The number of nitrogens with zero attached hydrogens (tertiary/aromatic N) is 2. The molecule has 0 spiro atoms. The van der Waals surface area contributed by atoms with Gasteiger partial charge in [-0.25, -0.2) is 4.98 Å². The zero-order valence-electron chi connectivity index (χ0n) is 18.6. The van der Waals surface area contributed by atoms with Crippen LogP contribution in [0.15, 0.2) is 24.3 Å². The number of nitrogens with one attached hydrogen (secondary N) is 1. The predicted octanol–water partition coefficient (Wildman–Crippen LogP) is 4.13. The van der Waals surface area contributed by atoms with Crippen molar-refractivity contribution in [1.29, 1.82) is 0 Å². The van der Waals surface area contributed by atoms with Crippen molar-refractivity contribution in [3.8, 4) is 0 Å². The number of hydrogen-bond donors (Lipinski definition) is 1. The van der Waals surface area contributed by atoms with E-state index in [1.54, 1.807) is 6.92 Å². The molecule has 0 unspecified atom stereocenters. The standard InChI is InChI=1S/C23H30ClN3O4S/c1-16(28)26-23(12-4-3-5-13-23)22-18-8-11-21(25-20(18)10-9-19(22)24)27-14-6-7-17(15-27)31-32(2,29)30/h8-11,17H,3-7,12-15H2,1-2H3,(H,26,28)/t17-/m1/s1. The summed E-state index contributed by atoms with van der Waals surface area (Å²) in [6.45, 7) is 2.82. The summed E-state index contributed by atoms with van der Waals surface area (Å²) in [4.78, 5) is 19.1. The van der Waals surface area contributed by atoms with Gasteiger partial charge < -0.3 is 10.2 Å². The molecule has 4 rings (SSSR count). The lowest BCUT2D eigenvalue weighted by molar-refractivity contribution is -0.121. The molecular formula is C23H30ClN3O4S. The van der Waals surface area contributed by atoms with E-state index in [1.807, 2.05) is 24.3 Å². The number of fused-ring (bicyclic) bond motifs is 1. The fourth-order valence-electron chi connectivity index (χ4n) is 5.23. The number of carbonyl (C=O) groups is 1. The fourth-order valence-corrected chi connectivity index (χ4v) is 6.23. The smallest absolute Gasteiger partial charge is 0.264 e. The maximum Gasteiger partial charge on any atom is 0.264 e. The molecule has 0 bridgehead atoms. The topological polar surface area (TPSA) is 88.6 Å². The fraction of sp³-hybridized carbons (Fsp3) is 0.565. The number of anilines is 1. The highest BCUT2D eigenvalue weighted by atomic mass is 35.5. The molecule has 1 aliphatic heterocycles.